The number of halogens is 1. The van der Waals surface area contributed by atoms with Crippen molar-refractivity contribution in [3.63, 3.8) is 0 Å². The van der Waals surface area contributed by atoms with Crippen molar-refractivity contribution in [3.05, 3.63) is 59.7 Å². The monoisotopic (exact) mass is 541 g/mol. The lowest BCUT2D eigenvalue weighted by atomic mass is 10.0. The Morgan fingerprint density at radius 2 is 1.36 bits per heavy atom. The van der Waals surface area contributed by atoms with Crippen LogP contribution in [-0.2, 0) is 33.2 Å². The number of benzene rings is 2. The van der Waals surface area contributed by atoms with Gasteiger partial charge >= 0.3 is 10.2 Å². The van der Waals surface area contributed by atoms with E-state index < -0.39 is 26.0 Å². The minimum Gasteiger partial charge on any atom is -0.369 e. The van der Waals surface area contributed by atoms with Gasteiger partial charge in [0.2, 0.25) is 11.9 Å². The first kappa shape index (κ1) is 29.2. The second-order valence-electron chi connectivity index (χ2n) is 8.60. The average Bonchev–Trinajstić information content (AvgIpc) is 2.76. The van der Waals surface area contributed by atoms with Crippen LogP contribution in [0.15, 0.2) is 63.4 Å². The fourth-order valence-electron chi connectivity index (χ4n) is 3.54. The largest absolute Gasteiger partial charge is 0.369 e. The summed E-state index contributed by atoms with van der Waals surface area (Å²) in [4.78, 5) is 9.95. The van der Waals surface area contributed by atoms with Crippen molar-refractivity contribution in [1.82, 2.24) is 0 Å². The molecule has 1 aliphatic rings. The Morgan fingerprint density at radius 3 is 1.75 bits per heavy atom. The van der Waals surface area contributed by atoms with Crippen molar-refractivity contribution in [3.8, 4) is 0 Å². The smallest absolute Gasteiger partial charge is 0.332 e. The lowest BCUT2D eigenvalue weighted by Gasteiger charge is -2.38. The van der Waals surface area contributed by atoms with Crippen LogP contribution < -0.4 is 16.4 Å². The Balaban J connectivity index is 0.000000678. The van der Waals surface area contributed by atoms with E-state index in [1.165, 1.54) is 24.6 Å². The van der Waals surface area contributed by atoms with Gasteiger partial charge in [0.15, 0.2) is 0 Å². The Labute approximate surface area is 211 Å². The second kappa shape index (κ2) is 11.8. The molecule has 1 aliphatic heterocycles. The molecule has 0 spiro atoms. The van der Waals surface area contributed by atoms with Crippen LogP contribution in [0.25, 0.3) is 0 Å². The third kappa shape index (κ3) is 8.88. The van der Waals surface area contributed by atoms with E-state index in [2.05, 4.69) is 22.1 Å². The number of aryl methyl sites for hydroxylation is 2. The first-order valence-corrected chi connectivity index (χ1v) is 14.2. The molecule has 10 nitrogen and oxygen atoms in total. The molecule has 1 heterocycles. The molecule has 13 heteroatoms. The van der Waals surface area contributed by atoms with E-state index in [0.717, 1.165) is 36.9 Å². The summed E-state index contributed by atoms with van der Waals surface area (Å²) in [6.45, 7) is 5.21. The number of nitrogens with two attached hydrogens (primary N) is 2. The molecule has 0 unspecified atom stereocenters. The molecular weight excluding hydrogens is 509 g/mol. The van der Waals surface area contributed by atoms with Crippen LogP contribution in [0.2, 0.25) is 0 Å². The lowest BCUT2D eigenvalue weighted by Crippen LogP contribution is -2.54. The molecule has 0 radical (unpaired) electrons. The van der Waals surface area contributed by atoms with Gasteiger partial charge in [0, 0.05) is 5.69 Å². The summed E-state index contributed by atoms with van der Waals surface area (Å²) in [5.41, 5.74) is 14.2. The first-order valence-electron chi connectivity index (χ1n) is 11.2. The van der Waals surface area contributed by atoms with Crippen LogP contribution in [0.4, 0.5) is 9.57 Å². The van der Waals surface area contributed by atoms with Crippen molar-refractivity contribution < 1.29 is 25.3 Å². The number of hydrogen-bond acceptors (Lipinski definition) is 9. The highest BCUT2D eigenvalue weighted by atomic mass is 32.3. The Morgan fingerprint density at radius 1 is 0.917 bits per heavy atom. The highest BCUT2D eigenvalue weighted by molar-refractivity contribution is 7.86. The standard InChI is InChI=1S/C21H26FN5O2S.C2H6O3S/c1-21(2)26-19(23)25-20(24)27(21)17-11-7-15(8-12-17)5-3-4-6-16-9-13-18(14-10-16)30(22,28)29;1-2-6(3,4)5/h7-14H,3-6H2,1-2H3,(H4,23,24,25,26);2H2,1H3,(H,3,4,5). The van der Waals surface area contributed by atoms with Gasteiger partial charge in [-0.25, -0.2) is 4.99 Å². The Hall–Kier alpha value is -3.03. The molecule has 0 fully saturated rings. The molecule has 5 N–H and O–H groups in total. The van der Waals surface area contributed by atoms with Crippen molar-refractivity contribution in [2.45, 2.75) is 57.0 Å². The zero-order chi connectivity index (χ0) is 27.1. The SMILES string of the molecule is CC1(C)N=C(N)N=C(N)N1c1ccc(CCCCc2ccc(S(=O)(=O)F)cc2)cc1.CCS(=O)(=O)O. The van der Waals surface area contributed by atoms with Gasteiger partial charge in [-0.1, -0.05) is 24.3 Å². The van der Waals surface area contributed by atoms with Crippen LogP contribution in [0.1, 0.15) is 44.7 Å². The van der Waals surface area contributed by atoms with Gasteiger partial charge in [-0.3, -0.25) is 9.45 Å². The summed E-state index contributed by atoms with van der Waals surface area (Å²) in [5.74, 6) is 0.283. The third-order valence-corrected chi connectivity index (χ3v) is 6.90. The number of hydrogen-bond donors (Lipinski definition) is 3. The minimum absolute atomic E-state index is 0.173. The zero-order valence-corrected chi connectivity index (χ0v) is 22.1. The number of guanidine groups is 2. The molecule has 2 aromatic rings. The quantitative estimate of drug-likeness (QED) is 0.260. The van der Waals surface area contributed by atoms with Crippen molar-refractivity contribution in [2.24, 2.45) is 21.5 Å². The first-order chi connectivity index (χ1) is 16.6. The summed E-state index contributed by atoms with van der Waals surface area (Å²) in [6, 6.07) is 14.0. The van der Waals surface area contributed by atoms with Gasteiger partial charge in [0.05, 0.1) is 10.6 Å². The second-order valence-corrected chi connectivity index (χ2v) is 11.7. The normalized spacial score (nSPS) is 15.4. The number of nitrogens with zero attached hydrogens (tertiary/aromatic N) is 3. The molecule has 0 amide bonds. The Kier molecular flexibility index (Phi) is 9.57. The topological polar surface area (TPSA) is 169 Å². The predicted octanol–water partition coefficient (Wildman–Crippen LogP) is 2.99. The van der Waals surface area contributed by atoms with Crippen molar-refractivity contribution >= 4 is 37.9 Å². The zero-order valence-electron chi connectivity index (χ0n) is 20.4. The van der Waals surface area contributed by atoms with Gasteiger partial charge in [-0.2, -0.15) is 21.8 Å². The number of rotatable bonds is 8. The fourth-order valence-corrected chi connectivity index (χ4v) is 4.00. The number of aliphatic imine (C=N–C) groups is 2. The molecule has 0 bridgehead atoms. The Bertz CT molecular complexity index is 1310. The van der Waals surface area contributed by atoms with E-state index in [9.17, 15) is 20.7 Å². The highest BCUT2D eigenvalue weighted by Gasteiger charge is 2.32. The van der Waals surface area contributed by atoms with Crippen LogP contribution in [-0.4, -0.2) is 44.7 Å². The molecule has 2 aromatic carbocycles. The molecular formula is C23H32FN5O5S2. The molecule has 3 rings (SSSR count). The van der Waals surface area contributed by atoms with Gasteiger partial charge in [0.25, 0.3) is 10.1 Å². The maximum Gasteiger partial charge on any atom is 0.332 e. The number of anilines is 1. The van der Waals surface area contributed by atoms with Gasteiger partial charge < -0.3 is 11.5 Å². The van der Waals surface area contributed by atoms with E-state index in [-0.39, 0.29) is 16.6 Å². The summed E-state index contributed by atoms with van der Waals surface area (Å²) in [5, 5.41) is 0. The molecule has 0 atom stereocenters. The summed E-state index contributed by atoms with van der Waals surface area (Å²) in [7, 11) is -8.30. The summed E-state index contributed by atoms with van der Waals surface area (Å²) >= 11 is 0. The van der Waals surface area contributed by atoms with Gasteiger partial charge in [-0.15, -0.1) is 3.89 Å². The van der Waals surface area contributed by atoms with E-state index in [1.54, 1.807) is 12.1 Å². The average molecular weight is 542 g/mol. The summed E-state index contributed by atoms with van der Waals surface area (Å²) < 4.78 is 61.5. The van der Waals surface area contributed by atoms with Crippen LogP contribution in [0.5, 0.6) is 0 Å². The van der Waals surface area contributed by atoms with Crippen molar-refractivity contribution in [1.29, 1.82) is 0 Å². The van der Waals surface area contributed by atoms with E-state index in [4.69, 9.17) is 16.0 Å². The molecule has 198 valence electrons. The minimum atomic E-state index is -4.64. The molecule has 0 saturated carbocycles. The van der Waals surface area contributed by atoms with E-state index in [0.29, 0.717) is 5.96 Å². The van der Waals surface area contributed by atoms with E-state index in [1.807, 2.05) is 30.9 Å². The van der Waals surface area contributed by atoms with Crippen LogP contribution in [0.3, 0.4) is 0 Å². The molecule has 0 aliphatic carbocycles. The van der Waals surface area contributed by atoms with Crippen LogP contribution in [0, 0.1) is 0 Å². The number of unbranched alkanes of at least 4 members (excludes halogenated alkanes) is 1. The predicted molar refractivity (Wildman–Crippen MR) is 140 cm³/mol. The third-order valence-electron chi connectivity index (χ3n) is 5.34. The molecule has 36 heavy (non-hydrogen) atoms. The van der Waals surface area contributed by atoms with Gasteiger partial charge in [-0.05, 0) is 81.8 Å². The summed E-state index contributed by atoms with van der Waals surface area (Å²) in [6.07, 6.45) is 3.63. The van der Waals surface area contributed by atoms with Gasteiger partial charge in [0.1, 0.15) is 5.66 Å². The molecule has 0 aromatic heterocycles. The highest BCUT2D eigenvalue weighted by Crippen LogP contribution is 2.27. The fraction of sp³-hybridized carbons (Fsp3) is 0.391. The maximum atomic E-state index is 12.9. The lowest BCUT2D eigenvalue weighted by molar-refractivity contribution is 0.484. The maximum absolute atomic E-state index is 12.9. The van der Waals surface area contributed by atoms with E-state index >= 15 is 0 Å². The van der Waals surface area contributed by atoms with Crippen molar-refractivity contribution in [2.75, 3.05) is 10.7 Å². The molecule has 0 saturated heterocycles. The van der Waals surface area contributed by atoms with Crippen LogP contribution >= 0.6 is 0 Å².